The molecular weight excluding hydrogens is 151 g/mol. The molecule has 0 radical (unpaired) electrons. The lowest BCUT2D eigenvalue weighted by Crippen LogP contribution is -2.38. The second kappa shape index (κ2) is 3.75. The Bertz CT molecular complexity index is 95.0. The van der Waals surface area contributed by atoms with Gasteiger partial charge >= 0.3 is 6.18 Å². The van der Waals surface area contributed by atoms with Gasteiger partial charge in [0, 0.05) is 6.54 Å². The molecule has 0 saturated heterocycles. The summed E-state index contributed by atoms with van der Waals surface area (Å²) in [6.45, 7) is -1.26. The van der Waals surface area contributed by atoms with Gasteiger partial charge in [0.15, 0.2) is 6.10 Å². The molecule has 3 nitrogen and oxygen atoms in total. The van der Waals surface area contributed by atoms with Crippen LogP contribution in [0.3, 0.4) is 0 Å². The number of hydrogen-bond donors (Lipinski definition) is 3. The number of hydrogen-bond acceptors (Lipinski definition) is 3. The normalized spacial score (nSPS) is 15.3. The Morgan fingerprint density at radius 3 is 2.20 bits per heavy atom. The molecule has 62 valence electrons. The summed E-state index contributed by atoms with van der Waals surface area (Å²) in [6, 6.07) is 0. The van der Waals surface area contributed by atoms with Crippen molar-refractivity contribution in [1.29, 1.82) is 0 Å². The van der Waals surface area contributed by atoms with E-state index in [4.69, 9.17) is 10.2 Å². The lowest BCUT2D eigenvalue weighted by atomic mass is 10.3. The molecular formula is C4H8F3NO2. The van der Waals surface area contributed by atoms with Gasteiger partial charge in [-0.3, -0.25) is 5.32 Å². The molecule has 0 rings (SSSR count). The van der Waals surface area contributed by atoms with Gasteiger partial charge in [-0.05, 0) is 0 Å². The standard InChI is InChI=1S/C4H8F3NO2/c5-4(6,7)3(10)1-8-2-9/h3,8-10H,1-2H2. The third kappa shape index (κ3) is 3.65. The lowest BCUT2D eigenvalue weighted by Gasteiger charge is -2.13. The van der Waals surface area contributed by atoms with Crippen LogP contribution in [0.15, 0.2) is 0 Å². The van der Waals surface area contributed by atoms with Crippen LogP contribution in [0, 0.1) is 0 Å². The highest BCUT2D eigenvalue weighted by Gasteiger charge is 2.37. The fraction of sp³-hybridized carbons (Fsp3) is 1.00. The number of aliphatic hydroxyl groups is 2. The molecule has 10 heavy (non-hydrogen) atoms. The molecule has 0 bridgehead atoms. The van der Waals surface area contributed by atoms with E-state index in [-0.39, 0.29) is 0 Å². The smallest absolute Gasteiger partial charge is 0.382 e. The molecule has 3 N–H and O–H groups in total. The van der Waals surface area contributed by atoms with Crippen molar-refractivity contribution < 1.29 is 23.4 Å². The maximum atomic E-state index is 11.4. The van der Waals surface area contributed by atoms with Crippen LogP contribution in [0.25, 0.3) is 0 Å². The molecule has 0 amide bonds. The zero-order valence-electron chi connectivity index (χ0n) is 5.02. The molecule has 0 spiro atoms. The molecule has 0 heterocycles. The van der Waals surface area contributed by atoms with Crippen molar-refractivity contribution in [3.63, 3.8) is 0 Å². The van der Waals surface area contributed by atoms with Crippen LogP contribution in [0.5, 0.6) is 0 Å². The maximum Gasteiger partial charge on any atom is 0.415 e. The van der Waals surface area contributed by atoms with Gasteiger partial charge in [0.25, 0.3) is 0 Å². The summed E-state index contributed by atoms with van der Waals surface area (Å²) < 4.78 is 34.2. The first-order valence-corrected chi connectivity index (χ1v) is 2.55. The second-order valence-electron chi connectivity index (χ2n) is 1.67. The average Bonchev–Trinajstić information content (AvgIpc) is 1.80. The fourth-order valence-corrected chi connectivity index (χ4v) is 0.317. The molecule has 0 aromatic rings. The van der Waals surface area contributed by atoms with Crippen LogP contribution in [0.4, 0.5) is 13.2 Å². The Balaban J connectivity index is 3.52. The average molecular weight is 159 g/mol. The van der Waals surface area contributed by atoms with Crippen LogP contribution in [0.1, 0.15) is 0 Å². The van der Waals surface area contributed by atoms with Crippen LogP contribution < -0.4 is 5.32 Å². The monoisotopic (exact) mass is 159 g/mol. The summed E-state index contributed by atoms with van der Waals surface area (Å²) in [7, 11) is 0. The van der Waals surface area contributed by atoms with E-state index in [0.717, 1.165) is 0 Å². The van der Waals surface area contributed by atoms with Gasteiger partial charge in [0.2, 0.25) is 0 Å². The minimum absolute atomic E-state index is 0.576. The van der Waals surface area contributed by atoms with Crippen LogP contribution in [-0.2, 0) is 0 Å². The quantitative estimate of drug-likeness (QED) is 0.484. The van der Waals surface area contributed by atoms with E-state index in [1.807, 2.05) is 5.32 Å². The van der Waals surface area contributed by atoms with Crippen molar-refractivity contribution in [1.82, 2.24) is 5.32 Å². The van der Waals surface area contributed by atoms with Gasteiger partial charge in [0.1, 0.15) is 0 Å². The van der Waals surface area contributed by atoms with Crippen molar-refractivity contribution in [3.8, 4) is 0 Å². The largest absolute Gasteiger partial charge is 0.415 e. The zero-order valence-corrected chi connectivity index (χ0v) is 5.02. The van der Waals surface area contributed by atoms with Crippen molar-refractivity contribution in [2.45, 2.75) is 12.3 Å². The molecule has 0 saturated carbocycles. The predicted molar refractivity (Wildman–Crippen MR) is 27.2 cm³/mol. The van der Waals surface area contributed by atoms with Gasteiger partial charge in [-0.1, -0.05) is 0 Å². The highest BCUT2D eigenvalue weighted by molar-refractivity contribution is 4.66. The van der Waals surface area contributed by atoms with E-state index >= 15 is 0 Å². The summed E-state index contributed by atoms with van der Waals surface area (Å²) in [5.74, 6) is 0. The number of rotatable bonds is 3. The number of aliphatic hydroxyl groups excluding tert-OH is 2. The highest BCUT2D eigenvalue weighted by atomic mass is 19.4. The first-order valence-electron chi connectivity index (χ1n) is 2.55. The molecule has 0 aromatic heterocycles. The van der Waals surface area contributed by atoms with Crippen LogP contribution in [-0.4, -0.2) is 35.8 Å². The minimum Gasteiger partial charge on any atom is -0.382 e. The Hall–Kier alpha value is -0.330. The van der Waals surface area contributed by atoms with Crippen molar-refractivity contribution in [3.05, 3.63) is 0 Å². The second-order valence-corrected chi connectivity index (χ2v) is 1.67. The van der Waals surface area contributed by atoms with Gasteiger partial charge < -0.3 is 10.2 Å². The van der Waals surface area contributed by atoms with Gasteiger partial charge in [0.05, 0.1) is 6.73 Å². The van der Waals surface area contributed by atoms with Crippen molar-refractivity contribution in [2.24, 2.45) is 0 Å². The Kier molecular flexibility index (Phi) is 3.62. The molecule has 1 unspecified atom stereocenters. The Morgan fingerprint density at radius 2 is 1.90 bits per heavy atom. The van der Waals surface area contributed by atoms with E-state index in [9.17, 15) is 13.2 Å². The van der Waals surface area contributed by atoms with Crippen LogP contribution >= 0.6 is 0 Å². The first-order chi connectivity index (χ1) is 4.48. The maximum absolute atomic E-state index is 11.4. The summed E-state index contributed by atoms with van der Waals surface area (Å²) in [4.78, 5) is 0. The molecule has 0 aliphatic rings. The summed E-state index contributed by atoms with van der Waals surface area (Å²) >= 11 is 0. The Morgan fingerprint density at radius 1 is 1.40 bits per heavy atom. The topological polar surface area (TPSA) is 52.5 Å². The number of alkyl halides is 3. The van der Waals surface area contributed by atoms with E-state index in [1.165, 1.54) is 0 Å². The summed E-state index contributed by atoms with van der Waals surface area (Å²) in [5, 5.41) is 18.1. The molecule has 0 aliphatic heterocycles. The van der Waals surface area contributed by atoms with Crippen molar-refractivity contribution >= 4 is 0 Å². The SMILES string of the molecule is OCNCC(O)C(F)(F)F. The zero-order chi connectivity index (χ0) is 8.20. The van der Waals surface area contributed by atoms with E-state index < -0.39 is 25.6 Å². The Labute approximate surface area is 55.5 Å². The molecule has 6 heteroatoms. The van der Waals surface area contributed by atoms with Crippen LogP contribution in [0.2, 0.25) is 0 Å². The molecule has 0 aliphatic carbocycles. The highest BCUT2D eigenvalue weighted by Crippen LogP contribution is 2.18. The summed E-state index contributed by atoms with van der Waals surface area (Å²) in [5.41, 5.74) is 0. The molecule has 0 aromatic carbocycles. The van der Waals surface area contributed by atoms with Gasteiger partial charge in [-0.15, -0.1) is 0 Å². The third-order valence-electron chi connectivity index (χ3n) is 0.827. The first kappa shape index (κ1) is 9.67. The van der Waals surface area contributed by atoms with Crippen molar-refractivity contribution in [2.75, 3.05) is 13.3 Å². The third-order valence-corrected chi connectivity index (χ3v) is 0.827. The minimum atomic E-state index is -4.61. The summed E-state index contributed by atoms with van der Waals surface area (Å²) in [6.07, 6.45) is -7.01. The molecule has 1 atom stereocenters. The molecule has 0 fully saturated rings. The number of halogens is 3. The van der Waals surface area contributed by atoms with E-state index in [2.05, 4.69) is 0 Å². The van der Waals surface area contributed by atoms with Gasteiger partial charge in [-0.25, -0.2) is 0 Å². The fourth-order valence-electron chi connectivity index (χ4n) is 0.317. The van der Waals surface area contributed by atoms with Gasteiger partial charge in [-0.2, -0.15) is 13.2 Å². The van der Waals surface area contributed by atoms with E-state index in [1.54, 1.807) is 0 Å². The predicted octanol–water partition coefficient (Wildman–Crippen LogP) is -0.551. The lowest BCUT2D eigenvalue weighted by molar-refractivity contribution is -0.202. The number of nitrogens with one attached hydrogen (secondary N) is 1. The van der Waals surface area contributed by atoms with E-state index in [0.29, 0.717) is 0 Å².